The van der Waals surface area contributed by atoms with Crippen LogP contribution in [0.3, 0.4) is 0 Å². The van der Waals surface area contributed by atoms with Crippen LogP contribution in [0.5, 0.6) is 0 Å². The largest absolute Gasteiger partial charge is 0.379 e. The summed E-state index contributed by atoms with van der Waals surface area (Å²) in [5.74, 6) is 0. The molecule has 0 saturated carbocycles. The Morgan fingerprint density at radius 2 is 1.38 bits per heavy atom. The van der Waals surface area contributed by atoms with Crippen LogP contribution in [-0.2, 0) is 4.74 Å². The lowest BCUT2D eigenvalue weighted by atomic mass is 9.83. The van der Waals surface area contributed by atoms with Crippen LogP contribution in [0.1, 0.15) is 26.7 Å². The number of ether oxygens (including phenoxy) is 1. The molecule has 0 radical (unpaired) electrons. The first-order chi connectivity index (χ1) is 7.66. The smallest absolute Gasteiger partial charge is 0.0594 e. The minimum Gasteiger partial charge on any atom is -0.379 e. The molecular formula is C13H26N2O. The third-order valence-electron chi connectivity index (χ3n) is 4.05. The number of nitrogens with zero attached hydrogens (tertiary/aromatic N) is 2. The summed E-state index contributed by atoms with van der Waals surface area (Å²) in [6, 6.07) is 0. The zero-order valence-corrected chi connectivity index (χ0v) is 10.9. The van der Waals surface area contributed by atoms with Gasteiger partial charge in [-0.25, -0.2) is 0 Å². The fourth-order valence-electron chi connectivity index (χ4n) is 2.49. The Morgan fingerprint density at radius 3 is 1.94 bits per heavy atom. The molecule has 0 bridgehead atoms. The molecule has 0 aromatic carbocycles. The minimum atomic E-state index is 0.579. The molecule has 0 spiro atoms. The van der Waals surface area contributed by atoms with Gasteiger partial charge in [-0.15, -0.1) is 0 Å². The van der Waals surface area contributed by atoms with Crippen molar-refractivity contribution in [3.8, 4) is 0 Å². The fourth-order valence-corrected chi connectivity index (χ4v) is 2.49. The van der Waals surface area contributed by atoms with Crippen LogP contribution >= 0.6 is 0 Å². The van der Waals surface area contributed by atoms with Gasteiger partial charge in [0.05, 0.1) is 13.2 Å². The van der Waals surface area contributed by atoms with E-state index < -0.39 is 0 Å². The summed E-state index contributed by atoms with van der Waals surface area (Å²) < 4.78 is 5.36. The van der Waals surface area contributed by atoms with Crippen LogP contribution in [-0.4, -0.2) is 62.3 Å². The highest BCUT2D eigenvalue weighted by Crippen LogP contribution is 2.29. The monoisotopic (exact) mass is 226 g/mol. The second kappa shape index (κ2) is 5.48. The molecule has 2 fully saturated rings. The van der Waals surface area contributed by atoms with Gasteiger partial charge in [0.2, 0.25) is 0 Å². The molecule has 3 nitrogen and oxygen atoms in total. The molecular weight excluding hydrogens is 200 g/mol. The lowest BCUT2D eigenvalue weighted by Crippen LogP contribution is -2.44. The van der Waals surface area contributed by atoms with E-state index in [1.807, 2.05) is 0 Å². The van der Waals surface area contributed by atoms with Gasteiger partial charge >= 0.3 is 0 Å². The minimum absolute atomic E-state index is 0.579. The van der Waals surface area contributed by atoms with Crippen molar-refractivity contribution >= 4 is 0 Å². The van der Waals surface area contributed by atoms with Crippen LogP contribution in [0.4, 0.5) is 0 Å². The van der Waals surface area contributed by atoms with E-state index in [0.29, 0.717) is 5.41 Å². The van der Waals surface area contributed by atoms with Crippen LogP contribution in [0.15, 0.2) is 0 Å². The van der Waals surface area contributed by atoms with Crippen molar-refractivity contribution in [2.75, 3.05) is 52.5 Å². The standard InChI is InChI=1S/C13H26N2O/c1-13(2)3-5-14(6-4-13)7-8-15-9-11-16-12-10-15/h3-12H2,1-2H3. The van der Waals surface area contributed by atoms with E-state index in [2.05, 4.69) is 23.6 Å². The molecule has 0 aliphatic carbocycles. The van der Waals surface area contributed by atoms with Crippen LogP contribution in [0.2, 0.25) is 0 Å². The van der Waals surface area contributed by atoms with Crippen molar-refractivity contribution in [2.24, 2.45) is 5.41 Å². The zero-order valence-electron chi connectivity index (χ0n) is 10.9. The second-order valence-corrected chi connectivity index (χ2v) is 5.96. The third kappa shape index (κ3) is 3.72. The first-order valence-corrected chi connectivity index (χ1v) is 6.68. The summed E-state index contributed by atoms with van der Waals surface area (Å²) in [5.41, 5.74) is 0.579. The van der Waals surface area contributed by atoms with E-state index in [4.69, 9.17) is 4.74 Å². The SMILES string of the molecule is CC1(C)CCN(CCN2CCOCC2)CC1. The van der Waals surface area contributed by atoms with E-state index in [0.717, 1.165) is 26.3 Å². The molecule has 16 heavy (non-hydrogen) atoms. The van der Waals surface area contributed by atoms with Crippen molar-refractivity contribution in [3.05, 3.63) is 0 Å². The van der Waals surface area contributed by atoms with Gasteiger partial charge in [0.25, 0.3) is 0 Å². The quantitative estimate of drug-likeness (QED) is 0.724. The summed E-state index contributed by atoms with van der Waals surface area (Å²) in [7, 11) is 0. The molecule has 0 atom stereocenters. The van der Waals surface area contributed by atoms with Gasteiger partial charge < -0.3 is 9.64 Å². The van der Waals surface area contributed by atoms with Gasteiger partial charge in [-0.1, -0.05) is 13.8 Å². The second-order valence-electron chi connectivity index (χ2n) is 5.96. The number of likely N-dealkylation sites (tertiary alicyclic amines) is 1. The fraction of sp³-hybridized carbons (Fsp3) is 1.00. The predicted molar refractivity (Wildman–Crippen MR) is 66.7 cm³/mol. The number of morpholine rings is 1. The van der Waals surface area contributed by atoms with E-state index in [1.165, 1.54) is 39.0 Å². The highest BCUT2D eigenvalue weighted by atomic mass is 16.5. The molecule has 94 valence electrons. The summed E-state index contributed by atoms with van der Waals surface area (Å²) >= 11 is 0. The molecule has 0 amide bonds. The average Bonchev–Trinajstić information content (AvgIpc) is 2.29. The summed E-state index contributed by atoms with van der Waals surface area (Å²) in [5, 5.41) is 0. The van der Waals surface area contributed by atoms with Crippen LogP contribution in [0, 0.1) is 5.41 Å². The number of rotatable bonds is 3. The van der Waals surface area contributed by atoms with E-state index in [-0.39, 0.29) is 0 Å². The summed E-state index contributed by atoms with van der Waals surface area (Å²) in [6.45, 7) is 13.9. The lowest BCUT2D eigenvalue weighted by molar-refractivity contribution is 0.0295. The molecule has 2 saturated heterocycles. The summed E-state index contributed by atoms with van der Waals surface area (Å²) in [4.78, 5) is 5.16. The van der Waals surface area contributed by atoms with Gasteiger partial charge in [-0.2, -0.15) is 0 Å². The van der Waals surface area contributed by atoms with Crippen molar-refractivity contribution in [1.82, 2.24) is 9.80 Å². The molecule has 0 N–H and O–H groups in total. The Balaban J connectivity index is 1.63. The van der Waals surface area contributed by atoms with Crippen LogP contribution < -0.4 is 0 Å². The first kappa shape index (κ1) is 12.3. The average molecular weight is 226 g/mol. The molecule has 0 unspecified atom stereocenters. The van der Waals surface area contributed by atoms with E-state index in [1.54, 1.807) is 0 Å². The third-order valence-corrected chi connectivity index (χ3v) is 4.05. The number of piperidine rings is 1. The molecule has 2 rings (SSSR count). The van der Waals surface area contributed by atoms with Crippen LogP contribution in [0.25, 0.3) is 0 Å². The lowest BCUT2D eigenvalue weighted by Gasteiger charge is -2.38. The van der Waals surface area contributed by atoms with Crippen molar-refractivity contribution in [2.45, 2.75) is 26.7 Å². The predicted octanol–water partition coefficient (Wildman–Crippen LogP) is 1.44. The molecule has 2 aliphatic rings. The van der Waals surface area contributed by atoms with Crippen molar-refractivity contribution in [3.63, 3.8) is 0 Å². The maximum atomic E-state index is 5.36. The molecule has 2 aliphatic heterocycles. The van der Waals surface area contributed by atoms with Gasteiger partial charge in [0.15, 0.2) is 0 Å². The topological polar surface area (TPSA) is 15.7 Å². The Morgan fingerprint density at radius 1 is 0.875 bits per heavy atom. The highest BCUT2D eigenvalue weighted by Gasteiger charge is 2.25. The molecule has 0 aromatic rings. The molecule has 0 aromatic heterocycles. The Hall–Kier alpha value is -0.120. The highest BCUT2D eigenvalue weighted by molar-refractivity contribution is 4.79. The Kier molecular flexibility index (Phi) is 4.22. The number of hydrogen-bond acceptors (Lipinski definition) is 3. The maximum absolute atomic E-state index is 5.36. The Labute approximate surface area is 99.7 Å². The Bertz CT molecular complexity index is 202. The molecule has 2 heterocycles. The van der Waals surface area contributed by atoms with Gasteiger partial charge in [0.1, 0.15) is 0 Å². The molecule has 3 heteroatoms. The van der Waals surface area contributed by atoms with E-state index in [9.17, 15) is 0 Å². The normalized spacial score (nSPS) is 28.1. The van der Waals surface area contributed by atoms with Crippen molar-refractivity contribution in [1.29, 1.82) is 0 Å². The first-order valence-electron chi connectivity index (χ1n) is 6.68. The summed E-state index contributed by atoms with van der Waals surface area (Å²) in [6.07, 6.45) is 2.71. The van der Waals surface area contributed by atoms with Crippen molar-refractivity contribution < 1.29 is 4.74 Å². The van der Waals surface area contributed by atoms with E-state index >= 15 is 0 Å². The van der Waals surface area contributed by atoms with Gasteiger partial charge in [-0.3, -0.25) is 4.90 Å². The van der Waals surface area contributed by atoms with Gasteiger partial charge in [0, 0.05) is 26.2 Å². The number of hydrogen-bond donors (Lipinski definition) is 0. The van der Waals surface area contributed by atoms with Gasteiger partial charge in [-0.05, 0) is 31.3 Å². The zero-order chi connectivity index (χ0) is 11.4. The maximum Gasteiger partial charge on any atom is 0.0594 e.